The zero-order valence-corrected chi connectivity index (χ0v) is 18.4. The van der Waals surface area contributed by atoms with Crippen LogP contribution in [0, 0.1) is 0 Å². The molecular weight excluding hydrogens is 432 g/mol. The van der Waals surface area contributed by atoms with Gasteiger partial charge in [-0.25, -0.2) is 10.5 Å². The van der Waals surface area contributed by atoms with Gasteiger partial charge in [0.05, 0.1) is 34.0 Å². The van der Waals surface area contributed by atoms with E-state index in [0.29, 0.717) is 34.1 Å². The van der Waals surface area contributed by atoms with Crippen molar-refractivity contribution in [2.24, 2.45) is 0 Å². The summed E-state index contributed by atoms with van der Waals surface area (Å²) >= 11 is 0. The highest BCUT2D eigenvalue weighted by Gasteiger charge is 2.20. The Labute approximate surface area is 189 Å². The van der Waals surface area contributed by atoms with Gasteiger partial charge in [0.25, 0.3) is 5.91 Å². The average Bonchev–Trinajstić information content (AvgIpc) is 2.87. The Hall–Kier alpha value is -4.31. The maximum atomic E-state index is 13.2. The fourth-order valence-corrected chi connectivity index (χ4v) is 3.03. The molecule has 3 aromatic rings. The fourth-order valence-electron chi connectivity index (χ4n) is 3.03. The van der Waals surface area contributed by atoms with Crippen LogP contribution in [-0.4, -0.2) is 50.3 Å². The number of hydrogen-bond acceptors (Lipinski definition) is 9. The van der Waals surface area contributed by atoms with Crippen LogP contribution in [0.5, 0.6) is 34.6 Å². The number of methoxy groups -OCH3 is 4. The van der Waals surface area contributed by atoms with E-state index in [1.54, 1.807) is 24.3 Å². The number of benzene rings is 2. The number of hydrogen-bond donors (Lipinski definition) is 2. The van der Waals surface area contributed by atoms with E-state index < -0.39 is 5.91 Å². The van der Waals surface area contributed by atoms with Gasteiger partial charge in [-0.2, -0.15) is 0 Å². The van der Waals surface area contributed by atoms with E-state index >= 15 is 0 Å². The molecule has 2 aromatic carbocycles. The van der Waals surface area contributed by atoms with Crippen LogP contribution in [0.15, 0.2) is 48.7 Å². The lowest BCUT2D eigenvalue weighted by Gasteiger charge is -2.14. The van der Waals surface area contributed by atoms with Gasteiger partial charge in [0.15, 0.2) is 28.8 Å². The number of ketones is 1. The van der Waals surface area contributed by atoms with E-state index in [2.05, 4.69) is 4.98 Å². The van der Waals surface area contributed by atoms with Gasteiger partial charge in [0, 0.05) is 23.4 Å². The van der Waals surface area contributed by atoms with Crippen molar-refractivity contribution in [2.45, 2.75) is 0 Å². The maximum absolute atomic E-state index is 13.2. The topological polar surface area (TPSA) is 125 Å². The average molecular weight is 454 g/mol. The highest BCUT2D eigenvalue weighted by atomic mass is 16.5. The van der Waals surface area contributed by atoms with Gasteiger partial charge >= 0.3 is 0 Å². The second-order valence-corrected chi connectivity index (χ2v) is 6.54. The minimum Gasteiger partial charge on any atom is -0.493 e. The molecule has 0 aliphatic heterocycles. The van der Waals surface area contributed by atoms with E-state index in [-0.39, 0.29) is 23.0 Å². The highest BCUT2D eigenvalue weighted by Crippen LogP contribution is 2.39. The number of pyridine rings is 1. The van der Waals surface area contributed by atoms with Gasteiger partial charge < -0.3 is 23.7 Å². The molecule has 1 aromatic heterocycles. The van der Waals surface area contributed by atoms with Crippen LogP contribution in [-0.2, 0) is 0 Å². The number of hydroxylamine groups is 1. The molecule has 33 heavy (non-hydrogen) atoms. The summed E-state index contributed by atoms with van der Waals surface area (Å²) < 4.78 is 27.0. The van der Waals surface area contributed by atoms with Crippen molar-refractivity contribution in [3.05, 3.63) is 65.4 Å². The summed E-state index contributed by atoms with van der Waals surface area (Å²) in [7, 11) is 5.87. The molecule has 10 nitrogen and oxygen atoms in total. The smallest absolute Gasteiger partial charge is 0.276 e. The van der Waals surface area contributed by atoms with Crippen molar-refractivity contribution in [1.29, 1.82) is 0 Å². The highest BCUT2D eigenvalue weighted by molar-refractivity contribution is 6.10. The Morgan fingerprint density at radius 1 is 0.758 bits per heavy atom. The quantitative estimate of drug-likeness (QED) is 0.285. The molecule has 0 unspecified atom stereocenters. The lowest BCUT2D eigenvalue weighted by atomic mass is 10.0. The van der Waals surface area contributed by atoms with Crippen molar-refractivity contribution in [2.75, 3.05) is 28.4 Å². The summed E-state index contributed by atoms with van der Waals surface area (Å²) in [6, 6.07) is 10.7. The third-order valence-corrected chi connectivity index (χ3v) is 4.67. The predicted molar refractivity (Wildman–Crippen MR) is 116 cm³/mol. The summed E-state index contributed by atoms with van der Waals surface area (Å²) in [5, 5.41) is 8.70. The molecule has 10 heteroatoms. The Kier molecular flexibility index (Phi) is 7.31. The molecule has 1 amide bonds. The van der Waals surface area contributed by atoms with Gasteiger partial charge in [-0.3, -0.25) is 14.8 Å². The van der Waals surface area contributed by atoms with Gasteiger partial charge in [-0.05, 0) is 36.4 Å². The summed E-state index contributed by atoms with van der Waals surface area (Å²) in [5.41, 5.74) is 2.30. The first-order chi connectivity index (χ1) is 15.9. The summed E-state index contributed by atoms with van der Waals surface area (Å²) in [6.45, 7) is 0. The second kappa shape index (κ2) is 10.3. The van der Waals surface area contributed by atoms with Crippen LogP contribution in [0.1, 0.15) is 26.3 Å². The first-order valence-corrected chi connectivity index (χ1v) is 9.56. The van der Waals surface area contributed by atoms with E-state index in [0.717, 1.165) is 0 Å². The van der Waals surface area contributed by atoms with E-state index in [1.807, 2.05) is 0 Å². The number of rotatable bonds is 9. The molecule has 0 aliphatic carbocycles. The summed E-state index contributed by atoms with van der Waals surface area (Å²) in [5.74, 6) is 0.815. The predicted octanol–water partition coefficient (Wildman–Crippen LogP) is 3.26. The van der Waals surface area contributed by atoms with Crippen LogP contribution in [0.2, 0.25) is 0 Å². The van der Waals surface area contributed by atoms with Crippen LogP contribution >= 0.6 is 0 Å². The standard InChI is InChI=1S/C23H22N2O8/c1-29-16-7-5-13(9-17(16)33-20-8-6-14(12-24-20)23(27)25-28)21(26)15-10-18(30-2)22(32-4)19(11-15)31-3/h5-12,28H,1-4H3,(H,25,27). The van der Waals surface area contributed by atoms with E-state index in [4.69, 9.17) is 28.9 Å². The number of carbonyl (C=O) groups excluding carboxylic acids is 2. The van der Waals surface area contributed by atoms with Crippen molar-refractivity contribution in [3.63, 3.8) is 0 Å². The first kappa shape index (κ1) is 23.4. The molecule has 172 valence electrons. The largest absolute Gasteiger partial charge is 0.493 e. The zero-order valence-electron chi connectivity index (χ0n) is 18.4. The Balaban J connectivity index is 1.95. The number of nitrogens with one attached hydrogen (secondary N) is 1. The molecule has 0 radical (unpaired) electrons. The normalized spacial score (nSPS) is 10.2. The molecule has 0 aliphatic rings. The minimum atomic E-state index is -0.704. The van der Waals surface area contributed by atoms with Crippen LogP contribution in [0.3, 0.4) is 0 Å². The molecule has 0 bridgehead atoms. The number of aromatic nitrogens is 1. The third-order valence-electron chi connectivity index (χ3n) is 4.67. The lowest BCUT2D eigenvalue weighted by Crippen LogP contribution is -2.18. The molecule has 0 saturated heterocycles. The first-order valence-electron chi connectivity index (χ1n) is 9.56. The molecule has 0 fully saturated rings. The molecule has 0 atom stereocenters. The monoisotopic (exact) mass is 454 g/mol. The van der Waals surface area contributed by atoms with E-state index in [9.17, 15) is 9.59 Å². The van der Waals surface area contributed by atoms with E-state index in [1.165, 1.54) is 58.3 Å². The molecular formula is C23H22N2O8. The van der Waals surface area contributed by atoms with Crippen molar-refractivity contribution < 1.29 is 38.5 Å². The Bertz CT molecular complexity index is 1140. The number of carbonyl (C=O) groups is 2. The molecule has 0 spiro atoms. The second-order valence-electron chi connectivity index (χ2n) is 6.54. The third kappa shape index (κ3) is 4.96. The zero-order chi connectivity index (χ0) is 24.0. The molecule has 3 rings (SSSR count). The number of amides is 1. The van der Waals surface area contributed by atoms with Crippen LogP contribution in [0.4, 0.5) is 0 Å². The maximum Gasteiger partial charge on any atom is 0.276 e. The molecule has 0 saturated carbocycles. The number of nitrogens with zero attached hydrogens (tertiary/aromatic N) is 1. The van der Waals surface area contributed by atoms with Gasteiger partial charge in [-0.1, -0.05) is 0 Å². The minimum absolute atomic E-state index is 0.142. The molecule has 2 N–H and O–H groups in total. The van der Waals surface area contributed by atoms with Gasteiger partial charge in [0.2, 0.25) is 11.6 Å². The fraction of sp³-hybridized carbons (Fsp3) is 0.174. The molecule has 1 heterocycles. The van der Waals surface area contributed by atoms with Gasteiger partial charge in [0.1, 0.15) is 0 Å². The lowest BCUT2D eigenvalue weighted by molar-refractivity contribution is 0.0706. The Morgan fingerprint density at radius 3 is 1.88 bits per heavy atom. The van der Waals surface area contributed by atoms with Crippen LogP contribution in [0.25, 0.3) is 0 Å². The summed E-state index contributed by atoms with van der Waals surface area (Å²) in [4.78, 5) is 28.7. The SMILES string of the molecule is COc1ccc(C(=O)c2cc(OC)c(OC)c(OC)c2)cc1Oc1ccc(C(=O)NO)cn1. The number of ether oxygens (including phenoxy) is 5. The van der Waals surface area contributed by atoms with Crippen molar-refractivity contribution >= 4 is 11.7 Å². The van der Waals surface area contributed by atoms with Crippen LogP contribution < -0.4 is 29.2 Å². The van der Waals surface area contributed by atoms with Gasteiger partial charge in [-0.15, -0.1) is 0 Å². The van der Waals surface area contributed by atoms with Crippen molar-refractivity contribution in [3.8, 4) is 34.6 Å². The Morgan fingerprint density at radius 2 is 1.36 bits per heavy atom. The van der Waals surface area contributed by atoms with Crippen molar-refractivity contribution in [1.82, 2.24) is 10.5 Å². The summed E-state index contributed by atoms with van der Waals surface area (Å²) in [6.07, 6.45) is 1.23.